The molecule has 0 saturated carbocycles. The van der Waals surface area contributed by atoms with Gasteiger partial charge in [-0.1, -0.05) is 37.4 Å². The molecular formula is C38H34N2O6. The average molecular weight is 615 g/mol. The summed E-state index contributed by atoms with van der Waals surface area (Å²) in [5.74, 6) is -1.23. The molecule has 0 bridgehead atoms. The maximum absolute atomic E-state index is 13.6. The average Bonchev–Trinajstić information content (AvgIpc) is 3.05. The van der Waals surface area contributed by atoms with Crippen LogP contribution in [0.1, 0.15) is 56.8 Å². The SMILES string of the molecule is C=C(C)C(=O)OCCc1ccc(Nc2ccc3c(c2)C(=O)c2cc(Nc4ccc(CCOC(=O)C(=C)C)cc4)ccc2C3=O)cc1. The second-order valence-electron chi connectivity index (χ2n) is 11.2. The third-order valence-electron chi connectivity index (χ3n) is 7.45. The Bertz CT molecular complexity index is 1720. The Morgan fingerprint density at radius 2 is 0.891 bits per heavy atom. The lowest BCUT2D eigenvalue weighted by Crippen LogP contribution is -2.21. The van der Waals surface area contributed by atoms with Crippen molar-refractivity contribution in [3.05, 3.63) is 143 Å². The highest BCUT2D eigenvalue weighted by Crippen LogP contribution is 2.32. The second-order valence-corrected chi connectivity index (χ2v) is 11.2. The molecule has 0 radical (unpaired) electrons. The predicted octanol–water partition coefficient (Wildman–Crippen LogP) is 7.27. The molecule has 1 aliphatic carbocycles. The maximum atomic E-state index is 13.6. The van der Waals surface area contributed by atoms with Crippen LogP contribution in [0.5, 0.6) is 0 Å². The zero-order valence-electron chi connectivity index (χ0n) is 25.8. The fraction of sp³-hybridized carbons (Fsp3) is 0.158. The number of carbonyl (C=O) groups is 4. The number of rotatable bonds is 12. The zero-order chi connectivity index (χ0) is 32.8. The van der Waals surface area contributed by atoms with Gasteiger partial charge in [-0.3, -0.25) is 9.59 Å². The molecule has 0 fully saturated rings. The predicted molar refractivity (Wildman–Crippen MR) is 178 cm³/mol. The Morgan fingerprint density at radius 1 is 0.543 bits per heavy atom. The summed E-state index contributed by atoms with van der Waals surface area (Å²) in [6.07, 6.45) is 1.15. The van der Waals surface area contributed by atoms with E-state index in [4.69, 9.17) is 9.47 Å². The largest absolute Gasteiger partial charge is 0.462 e. The minimum atomic E-state index is -0.405. The molecule has 4 aromatic rings. The fourth-order valence-electron chi connectivity index (χ4n) is 4.92. The molecule has 0 spiro atoms. The lowest BCUT2D eigenvalue weighted by molar-refractivity contribution is -0.139. The normalized spacial score (nSPS) is 11.6. The van der Waals surface area contributed by atoms with Crippen LogP contribution in [0.3, 0.4) is 0 Å². The summed E-state index contributed by atoms with van der Waals surface area (Å²) < 4.78 is 10.3. The van der Waals surface area contributed by atoms with Crippen molar-refractivity contribution in [3.63, 3.8) is 0 Å². The molecule has 0 amide bonds. The van der Waals surface area contributed by atoms with Gasteiger partial charge >= 0.3 is 11.9 Å². The molecule has 232 valence electrons. The smallest absolute Gasteiger partial charge is 0.333 e. The first-order valence-corrected chi connectivity index (χ1v) is 14.8. The van der Waals surface area contributed by atoms with Gasteiger partial charge in [0.25, 0.3) is 0 Å². The highest BCUT2D eigenvalue weighted by molar-refractivity contribution is 6.29. The number of hydrogen-bond donors (Lipinski definition) is 2. The summed E-state index contributed by atoms with van der Waals surface area (Å²) in [6, 6.07) is 25.7. The first kappa shape index (κ1) is 31.7. The highest BCUT2D eigenvalue weighted by atomic mass is 16.5. The van der Waals surface area contributed by atoms with E-state index < -0.39 is 11.9 Å². The molecule has 0 aromatic heterocycles. The summed E-state index contributed by atoms with van der Waals surface area (Å²) in [4.78, 5) is 50.1. The number of carbonyl (C=O) groups excluding carboxylic acids is 4. The summed E-state index contributed by atoms with van der Waals surface area (Å²) in [5, 5.41) is 6.60. The van der Waals surface area contributed by atoms with E-state index in [1.54, 1.807) is 50.2 Å². The van der Waals surface area contributed by atoms with Gasteiger partial charge in [0, 0.05) is 69.0 Å². The number of esters is 2. The molecule has 0 saturated heterocycles. The van der Waals surface area contributed by atoms with Crippen LogP contribution in [0.2, 0.25) is 0 Å². The molecule has 8 nitrogen and oxygen atoms in total. The third kappa shape index (κ3) is 7.47. The number of fused-ring (bicyclic) bond motifs is 2. The van der Waals surface area contributed by atoms with Crippen molar-refractivity contribution in [2.24, 2.45) is 0 Å². The van der Waals surface area contributed by atoms with Crippen molar-refractivity contribution in [3.8, 4) is 0 Å². The van der Waals surface area contributed by atoms with E-state index in [0.717, 1.165) is 22.5 Å². The van der Waals surface area contributed by atoms with Crippen LogP contribution in [0, 0.1) is 0 Å². The van der Waals surface area contributed by atoms with Crippen molar-refractivity contribution in [2.75, 3.05) is 23.8 Å². The van der Waals surface area contributed by atoms with Crippen molar-refractivity contribution < 1.29 is 28.7 Å². The quantitative estimate of drug-likeness (QED) is 0.112. The molecule has 0 aliphatic heterocycles. The summed E-state index contributed by atoms with van der Waals surface area (Å²) in [7, 11) is 0. The van der Waals surface area contributed by atoms with E-state index in [1.165, 1.54) is 0 Å². The van der Waals surface area contributed by atoms with Gasteiger partial charge in [0.05, 0.1) is 13.2 Å². The van der Waals surface area contributed by atoms with Crippen LogP contribution in [0.25, 0.3) is 0 Å². The third-order valence-corrected chi connectivity index (χ3v) is 7.45. The van der Waals surface area contributed by atoms with Crippen LogP contribution >= 0.6 is 0 Å². The van der Waals surface area contributed by atoms with Crippen LogP contribution in [0.15, 0.2) is 109 Å². The van der Waals surface area contributed by atoms with E-state index >= 15 is 0 Å². The molecule has 8 heteroatoms. The number of benzene rings is 4. The number of hydrogen-bond acceptors (Lipinski definition) is 8. The van der Waals surface area contributed by atoms with Gasteiger partial charge in [-0.15, -0.1) is 0 Å². The molecule has 0 atom stereocenters. The molecular weight excluding hydrogens is 580 g/mol. The topological polar surface area (TPSA) is 111 Å². The van der Waals surface area contributed by atoms with Crippen molar-refractivity contribution in [1.82, 2.24) is 0 Å². The summed E-state index contributed by atoms with van der Waals surface area (Å²) in [5.41, 5.74) is 7.13. The molecule has 2 N–H and O–H groups in total. The first-order valence-electron chi connectivity index (χ1n) is 14.8. The highest BCUT2D eigenvalue weighted by Gasteiger charge is 2.30. The lowest BCUT2D eigenvalue weighted by atomic mass is 9.83. The van der Waals surface area contributed by atoms with Crippen LogP contribution < -0.4 is 10.6 Å². The lowest BCUT2D eigenvalue weighted by Gasteiger charge is -2.20. The van der Waals surface area contributed by atoms with Gasteiger partial charge in [-0.2, -0.15) is 0 Å². The van der Waals surface area contributed by atoms with Crippen LogP contribution in [-0.4, -0.2) is 36.7 Å². The van der Waals surface area contributed by atoms with E-state index in [2.05, 4.69) is 23.8 Å². The minimum absolute atomic E-state index is 0.198. The molecule has 0 heterocycles. The Morgan fingerprint density at radius 3 is 1.26 bits per heavy atom. The molecule has 4 aromatic carbocycles. The van der Waals surface area contributed by atoms with Gasteiger partial charge in [0.1, 0.15) is 0 Å². The second kappa shape index (κ2) is 13.9. The Labute approximate surface area is 267 Å². The van der Waals surface area contributed by atoms with Crippen molar-refractivity contribution >= 4 is 46.3 Å². The summed E-state index contributed by atoms with van der Waals surface area (Å²) in [6.45, 7) is 10.9. The molecule has 46 heavy (non-hydrogen) atoms. The Kier molecular flexibility index (Phi) is 9.57. The van der Waals surface area contributed by atoms with Gasteiger partial charge in [0.2, 0.25) is 0 Å². The van der Waals surface area contributed by atoms with E-state index in [-0.39, 0.29) is 24.8 Å². The maximum Gasteiger partial charge on any atom is 0.333 e. The zero-order valence-corrected chi connectivity index (χ0v) is 25.8. The van der Waals surface area contributed by atoms with Crippen LogP contribution in [-0.2, 0) is 31.9 Å². The summed E-state index contributed by atoms with van der Waals surface area (Å²) >= 11 is 0. The van der Waals surface area contributed by atoms with Gasteiger partial charge < -0.3 is 20.1 Å². The van der Waals surface area contributed by atoms with E-state index in [9.17, 15) is 19.2 Å². The fourth-order valence-corrected chi connectivity index (χ4v) is 4.92. The minimum Gasteiger partial charge on any atom is -0.462 e. The van der Waals surface area contributed by atoms with Gasteiger partial charge in [-0.25, -0.2) is 9.59 Å². The molecule has 5 rings (SSSR count). The van der Waals surface area contributed by atoms with E-state index in [0.29, 0.717) is 57.6 Å². The van der Waals surface area contributed by atoms with Crippen molar-refractivity contribution in [2.45, 2.75) is 26.7 Å². The number of anilines is 4. The Balaban J connectivity index is 1.23. The number of nitrogens with one attached hydrogen (secondary N) is 2. The van der Waals surface area contributed by atoms with Gasteiger partial charge in [0.15, 0.2) is 11.6 Å². The van der Waals surface area contributed by atoms with Crippen LogP contribution in [0.4, 0.5) is 22.7 Å². The standard InChI is InChI=1S/C38H34N2O6/c1-23(2)37(43)45-19-17-25-5-9-27(10-6-25)39-29-13-15-31-33(21-29)36(42)34-22-30(14-16-32(34)35(31)41)40-28-11-7-26(8-12-28)18-20-46-38(44)24(3)4/h5-16,21-22,39-40H,1,3,17-20H2,2,4H3. The first-order chi connectivity index (χ1) is 22.1. The van der Waals surface area contributed by atoms with Crippen molar-refractivity contribution in [1.29, 1.82) is 0 Å². The monoisotopic (exact) mass is 614 g/mol. The Hall–Kier alpha value is -5.76. The van der Waals surface area contributed by atoms with E-state index in [1.807, 2.05) is 48.5 Å². The number of ketones is 2. The van der Waals surface area contributed by atoms with Gasteiger partial charge in [-0.05, 0) is 85.6 Å². The molecule has 0 unspecified atom stereocenters. The molecule has 1 aliphatic rings. The number of ether oxygens (including phenoxy) is 2.